The maximum atomic E-state index is 13.1. The molecule has 0 bridgehead atoms. The molecule has 8 heteroatoms. The minimum Gasteiger partial charge on any atom is -0.349 e. The first-order valence-electron chi connectivity index (χ1n) is 11.4. The van der Waals surface area contributed by atoms with Gasteiger partial charge in [0.2, 0.25) is 15.9 Å². The van der Waals surface area contributed by atoms with Crippen LogP contribution in [-0.4, -0.2) is 25.4 Å². The fourth-order valence-electron chi connectivity index (χ4n) is 4.31. The van der Waals surface area contributed by atoms with Crippen LogP contribution in [-0.2, 0) is 14.8 Å². The van der Waals surface area contributed by atoms with Gasteiger partial charge < -0.3 is 5.32 Å². The molecule has 0 aliphatic heterocycles. The van der Waals surface area contributed by atoms with Crippen molar-refractivity contribution >= 4 is 15.9 Å². The van der Waals surface area contributed by atoms with Crippen LogP contribution in [0.25, 0.3) is 11.1 Å². The van der Waals surface area contributed by atoms with Crippen LogP contribution in [0.2, 0.25) is 0 Å². The number of hydrogen-bond donors (Lipinski definition) is 2. The lowest BCUT2D eigenvalue weighted by Gasteiger charge is -2.29. The Bertz CT molecular complexity index is 1230. The molecule has 6 nitrogen and oxygen atoms in total. The van der Waals surface area contributed by atoms with E-state index in [0.29, 0.717) is 25.7 Å². The number of nitrogens with one attached hydrogen (secondary N) is 2. The van der Waals surface area contributed by atoms with Crippen molar-refractivity contribution in [3.05, 3.63) is 84.4 Å². The highest BCUT2D eigenvalue weighted by molar-refractivity contribution is 7.89. The molecule has 1 aliphatic rings. The molecule has 0 saturated heterocycles. The van der Waals surface area contributed by atoms with Crippen LogP contribution in [0.4, 0.5) is 4.39 Å². The summed E-state index contributed by atoms with van der Waals surface area (Å²) in [5, 5.41) is 2.99. The predicted molar refractivity (Wildman–Crippen MR) is 129 cm³/mol. The fourth-order valence-corrected chi connectivity index (χ4v) is 5.66. The molecule has 1 unspecified atom stereocenters. The number of nitrogens with zero attached hydrogens (tertiary/aromatic N) is 1. The first-order chi connectivity index (χ1) is 16.3. The predicted octanol–water partition coefficient (Wildman–Crippen LogP) is 4.60. The SMILES string of the molecule is CC(NC(=O)C1CCC(NS(=O)(=O)c2cccc(-c3ccncc3)c2)CC1)c1ccc(F)cc1. The first kappa shape index (κ1) is 24.0. The zero-order chi connectivity index (χ0) is 24.1. The van der Waals surface area contributed by atoms with Crippen LogP contribution >= 0.6 is 0 Å². The highest BCUT2D eigenvalue weighted by Crippen LogP contribution is 2.28. The Morgan fingerprint density at radius 1 is 0.971 bits per heavy atom. The van der Waals surface area contributed by atoms with Crippen molar-refractivity contribution in [2.75, 3.05) is 0 Å². The van der Waals surface area contributed by atoms with Crippen LogP contribution in [0.3, 0.4) is 0 Å². The van der Waals surface area contributed by atoms with E-state index in [9.17, 15) is 17.6 Å². The average molecular weight is 482 g/mol. The molecule has 4 rings (SSSR count). The lowest BCUT2D eigenvalue weighted by atomic mass is 9.85. The van der Waals surface area contributed by atoms with E-state index >= 15 is 0 Å². The summed E-state index contributed by atoms with van der Waals surface area (Å²) in [4.78, 5) is 16.9. The van der Waals surface area contributed by atoms with Gasteiger partial charge in [-0.25, -0.2) is 17.5 Å². The molecule has 1 amide bonds. The number of carbonyl (C=O) groups is 1. The molecule has 0 spiro atoms. The van der Waals surface area contributed by atoms with Crippen LogP contribution < -0.4 is 10.0 Å². The minimum atomic E-state index is -3.68. The van der Waals surface area contributed by atoms with E-state index in [2.05, 4.69) is 15.0 Å². The van der Waals surface area contributed by atoms with Crippen molar-refractivity contribution in [2.45, 2.75) is 49.6 Å². The van der Waals surface area contributed by atoms with Gasteiger partial charge in [0.05, 0.1) is 10.9 Å². The topological polar surface area (TPSA) is 88.2 Å². The number of rotatable bonds is 7. The van der Waals surface area contributed by atoms with Gasteiger partial charge in [-0.1, -0.05) is 24.3 Å². The van der Waals surface area contributed by atoms with E-state index in [4.69, 9.17) is 0 Å². The summed E-state index contributed by atoms with van der Waals surface area (Å²) < 4.78 is 41.9. The smallest absolute Gasteiger partial charge is 0.240 e. The molecule has 1 saturated carbocycles. The van der Waals surface area contributed by atoms with Gasteiger partial charge in [0.25, 0.3) is 0 Å². The van der Waals surface area contributed by atoms with Gasteiger partial charge in [0.15, 0.2) is 0 Å². The zero-order valence-corrected chi connectivity index (χ0v) is 19.8. The molecular weight excluding hydrogens is 453 g/mol. The largest absolute Gasteiger partial charge is 0.349 e. The molecule has 1 aromatic heterocycles. The Hall–Kier alpha value is -3.10. The van der Waals surface area contributed by atoms with Gasteiger partial charge >= 0.3 is 0 Å². The molecule has 34 heavy (non-hydrogen) atoms. The number of sulfonamides is 1. The third-order valence-electron chi connectivity index (χ3n) is 6.31. The third-order valence-corrected chi connectivity index (χ3v) is 7.82. The van der Waals surface area contributed by atoms with Gasteiger partial charge in [-0.15, -0.1) is 0 Å². The molecule has 1 aliphatic carbocycles. The van der Waals surface area contributed by atoms with Gasteiger partial charge in [0.1, 0.15) is 5.82 Å². The molecule has 1 heterocycles. The first-order valence-corrected chi connectivity index (χ1v) is 12.9. The summed E-state index contributed by atoms with van der Waals surface area (Å²) in [5.74, 6) is -0.533. The Morgan fingerprint density at radius 2 is 1.65 bits per heavy atom. The summed E-state index contributed by atoms with van der Waals surface area (Å²) >= 11 is 0. The number of amides is 1. The molecule has 2 N–H and O–H groups in total. The highest BCUT2D eigenvalue weighted by atomic mass is 32.2. The second-order valence-corrected chi connectivity index (χ2v) is 10.4. The highest BCUT2D eigenvalue weighted by Gasteiger charge is 2.30. The van der Waals surface area contributed by atoms with Crippen LogP contribution in [0, 0.1) is 11.7 Å². The molecule has 178 valence electrons. The van der Waals surface area contributed by atoms with Crippen LogP contribution in [0.1, 0.15) is 44.2 Å². The summed E-state index contributed by atoms with van der Waals surface area (Å²) in [6.45, 7) is 1.87. The quantitative estimate of drug-likeness (QED) is 0.516. The minimum absolute atomic E-state index is 0.0526. The normalized spacial score (nSPS) is 19.4. The van der Waals surface area contributed by atoms with Gasteiger partial charge in [0, 0.05) is 24.4 Å². The number of halogens is 1. The monoisotopic (exact) mass is 481 g/mol. The summed E-state index contributed by atoms with van der Waals surface area (Å²) in [7, 11) is -3.68. The van der Waals surface area contributed by atoms with Crippen molar-refractivity contribution in [3.8, 4) is 11.1 Å². The van der Waals surface area contributed by atoms with Crippen molar-refractivity contribution in [3.63, 3.8) is 0 Å². The molecule has 3 aromatic rings. The molecular formula is C26H28FN3O3S. The van der Waals surface area contributed by atoms with E-state index in [-0.39, 0.29) is 34.6 Å². The van der Waals surface area contributed by atoms with Crippen LogP contribution in [0.5, 0.6) is 0 Å². The molecule has 0 radical (unpaired) electrons. The standard InChI is InChI=1S/C26H28FN3O3S/c1-18(19-5-9-23(27)10-6-19)29-26(31)21-7-11-24(12-8-21)30-34(32,33)25-4-2-3-22(17-25)20-13-15-28-16-14-20/h2-6,9-10,13-18,21,24,30H,7-8,11-12H2,1H3,(H,29,31). The van der Waals surface area contributed by atoms with Gasteiger partial charge in [-0.05, 0) is 85.7 Å². The average Bonchev–Trinajstić information content (AvgIpc) is 2.85. The molecule has 1 fully saturated rings. The lowest BCUT2D eigenvalue weighted by Crippen LogP contribution is -2.41. The Morgan fingerprint density at radius 3 is 2.32 bits per heavy atom. The maximum absolute atomic E-state index is 13.1. The number of aromatic nitrogens is 1. The Labute approximate surface area is 199 Å². The van der Waals surface area contributed by atoms with Gasteiger partial charge in [-0.2, -0.15) is 0 Å². The summed E-state index contributed by atoms with van der Waals surface area (Å²) in [6.07, 6.45) is 5.73. The van der Waals surface area contributed by atoms with Crippen molar-refractivity contribution in [2.24, 2.45) is 5.92 Å². The van der Waals surface area contributed by atoms with Crippen molar-refractivity contribution < 1.29 is 17.6 Å². The van der Waals surface area contributed by atoms with E-state index in [1.54, 1.807) is 42.7 Å². The van der Waals surface area contributed by atoms with E-state index < -0.39 is 10.0 Å². The second kappa shape index (κ2) is 10.4. The molecule has 2 aromatic carbocycles. The number of hydrogen-bond acceptors (Lipinski definition) is 4. The Kier molecular flexibility index (Phi) is 7.38. The summed E-state index contributed by atoms with van der Waals surface area (Å²) in [6, 6.07) is 16.2. The van der Waals surface area contributed by atoms with E-state index in [1.165, 1.54) is 12.1 Å². The number of carbonyl (C=O) groups excluding carboxylic acids is 1. The number of pyridine rings is 1. The van der Waals surface area contributed by atoms with Crippen molar-refractivity contribution in [1.29, 1.82) is 0 Å². The van der Waals surface area contributed by atoms with E-state index in [0.717, 1.165) is 16.7 Å². The Balaban J connectivity index is 1.33. The zero-order valence-electron chi connectivity index (χ0n) is 18.9. The third kappa shape index (κ3) is 5.87. The van der Waals surface area contributed by atoms with E-state index in [1.807, 2.05) is 25.1 Å². The van der Waals surface area contributed by atoms with Gasteiger partial charge in [-0.3, -0.25) is 9.78 Å². The van der Waals surface area contributed by atoms with Crippen LogP contribution in [0.15, 0.2) is 78.0 Å². The fraction of sp³-hybridized carbons (Fsp3) is 0.308. The maximum Gasteiger partial charge on any atom is 0.240 e. The second-order valence-electron chi connectivity index (χ2n) is 8.72. The molecule has 1 atom stereocenters. The number of benzene rings is 2. The summed E-state index contributed by atoms with van der Waals surface area (Å²) in [5.41, 5.74) is 2.54. The van der Waals surface area contributed by atoms with Crippen molar-refractivity contribution in [1.82, 2.24) is 15.0 Å². The lowest BCUT2D eigenvalue weighted by molar-refractivity contribution is -0.126.